The fourth-order valence-corrected chi connectivity index (χ4v) is 2.17. The molecule has 1 aliphatic rings. The van der Waals surface area contributed by atoms with Gasteiger partial charge in [0.1, 0.15) is 5.69 Å². The summed E-state index contributed by atoms with van der Waals surface area (Å²) < 4.78 is 4.73. The molecule has 0 radical (unpaired) electrons. The monoisotopic (exact) mass is 244 g/mol. The minimum atomic E-state index is -0.0402. The van der Waals surface area contributed by atoms with Crippen molar-refractivity contribution in [2.24, 2.45) is 0 Å². The topological polar surface area (TPSA) is 72.1 Å². The Morgan fingerprint density at radius 3 is 3.06 bits per heavy atom. The fraction of sp³-hybridized carbons (Fsp3) is 0.333. The first-order chi connectivity index (χ1) is 8.84. The molecule has 0 bridgehead atoms. The van der Waals surface area contributed by atoms with Crippen molar-refractivity contribution in [3.63, 3.8) is 0 Å². The van der Waals surface area contributed by atoms with Crippen molar-refractivity contribution < 1.29 is 9.32 Å². The largest absolute Gasteiger partial charge is 0.343 e. The van der Waals surface area contributed by atoms with Crippen molar-refractivity contribution in [2.75, 3.05) is 13.1 Å². The molecule has 6 nitrogen and oxygen atoms in total. The summed E-state index contributed by atoms with van der Waals surface area (Å²) in [6.45, 7) is 1.32. The first kappa shape index (κ1) is 10.9. The molecular weight excluding hydrogens is 232 g/mol. The number of hydrogen-bond donors (Lipinski definition) is 0. The molecule has 1 fully saturated rings. The summed E-state index contributed by atoms with van der Waals surface area (Å²) in [7, 11) is 0. The molecule has 1 atom stereocenters. The number of pyridine rings is 1. The van der Waals surface area contributed by atoms with Crippen LogP contribution in [-0.2, 0) is 0 Å². The lowest BCUT2D eigenvalue weighted by molar-refractivity contribution is 0.0784. The zero-order valence-corrected chi connectivity index (χ0v) is 9.69. The lowest BCUT2D eigenvalue weighted by Crippen LogP contribution is -2.29. The van der Waals surface area contributed by atoms with Crippen molar-refractivity contribution in [2.45, 2.75) is 12.3 Å². The van der Waals surface area contributed by atoms with Gasteiger partial charge in [0.15, 0.2) is 5.82 Å². The Labute approximate surface area is 104 Å². The molecule has 1 aliphatic heterocycles. The third kappa shape index (κ3) is 1.97. The van der Waals surface area contributed by atoms with Crippen molar-refractivity contribution in [3.05, 3.63) is 42.3 Å². The van der Waals surface area contributed by atoms with Crippen LogP contribution in [0.1, 0.15) is 28.7 Å². The van der Waals surface area contributed by atoms with Gasteiger partial charge in [-0.25, -0.2) is 0 Å². The molecule has 18 heavy (non-hydrogen) atoms. The Bertz CT molecular complexity index is 526. The molecule has 0 unspecified atom stereocenters. The number of rotatable bonds is 2. The minimum absolute atomic E-state index is 0.0402. The van der Waals surface area contributed by atoms with Gasteiger partial charge in [-0.1, -0.05) is 11.2 Å². The average Bonchev–Trinajstić information content (AvgIpc) is 3.09. The maximum absolute atomic E-state index is 12.2. The van der Waals surface area contributed by atoms with Crippen LogP contribution in [0.3, 0.4) is 0 Å². The summed E-state index contributed by atoms with van der Waals surface area (Å²) in [5.74, 6) is 0.796. The number of carbonyl (C=O) groups excluding carboxylic acids is 1. The summed E-state index contributed by atoms with van der Waals surface area (Å²) in [6, 6.07) is 5.33. The van der Waals surface area contributed by atoms with Gasteiger partial charge in [0, 0.05) is 25.2 Å². The highest BCUT2D eigenvalue weighted by atomic mass is 16.5. The van der Waals surface area contributed by atoms with E-state index < -0.39 is 0 Å². The first-order valence-corrected chi connectivity index (χ1v) is 5.81. The zero-order valence-electron chi connectivity index (χ0n) is 9.69. The average molecular weight is 244 g/mol. The first-order valence-electron chi connectivity index (χ1n) is 5.81. The molecule has 0 aromatic carbocycles. The van der Waals surface area contributed by atoms with Gasteiger partial charge < -0.3 is 9.42 Å². The third-order valence-electron chi connectivity index (χ3n) is 3.10. The van der Waals surface area contributed by atoms with Crippen molar-refractivity contribution in [1.29, 1.82) is 0 Å². The highest BCUT2D eigenvalue weighted by molar-refractivity contribution is 5.92. The molecule has 0 saturated carbocycles. The van der Waals surface area contributed by atoms with Crippen LogP contribution in [0.2, 0.25) is 0 Å². The molecule has 92 valence electrons. The molecule has 1 saturated heterocycles. The Hall–Kier alpha value is -2.24. The van der Waals surface area contributed by atoms with Crippen molar-refractivity contribution in [3.8, 4) is 0 Å². The molecule has 3 heterocycles. The van der Waals surface area contributed by atoms with E-state index in [1.807, 2.05) is 6.07 Å². The van der Waals surface area contributed by atoms with Crippen LogP contribution in [0.25, 0.3) is 0 Å². The Morgan fingerprint density at radius 1 is 1.39 bits per heavy atom. The number of amides is 1. The summed E-state index contributed by atoms with van der Waals surface area (Å²) in [5, 5.41) is 3.83. The van der Waals surface area contributed by atoms with E-state index in [0.29, 0.717) is 24.6 Å². The van der Waals surface area contributed by atoms with Gasteiger partial charge in [0.05, 0.1) is 0 Å². The summed E-state index contributed by atoms with van der Waals surface area (Å²) >= 11 is 0. The normalized spacial score (nSPS) is 19.1. The number of aromatic nitrogens is 3. The number of nitrogens with zero attached hydrogens (tertiary/aromatic N) is 4. The summed E-state index contributed by atoms with van der Waals surface area (Å²) in [5.41, 5.74) is 0.478. The number of hydrogen-bond acceptors (Lipinski definition) is 5. The maximum atomic E-state index is 12.2. The van der Waals surface area contributed by atoms with Crippen LogP contribution >= 0.6 is 0 Å². The molecule has 3 rings (SSSR count). The lowest BCUT2D eigenvalue weighted by atomic mass is 10.1. The quantitative estimate of drug-likeness (QED) is 0.790. The van der Waals surface area contributed by atoms with E-state index in [1.54, 1.807) is 23.2 Å². The van der Waals surface area contributed by atoms with Gasteiger partial charge in [-0.3, -0.25) is 9.78 Å². The molecule has 6 heteroatoms. The van der Waals surface area contributed by atoms with E-state index in [4.69, 9.17) is 4.52 Å². The van der Waals surface area contributed by atoms with E-state index in [1.165, 1.54) is 6.39 Å². The predicted octanol–water partition coefficient (Wildman–Crippen LogP) is 1.09. The Morgan fingerprint density at radius 2 is 2.33 bits per heavy atom. The molecule has 2 aromatic rings. The lowest BCUT2D eigenvalue weighted by Gasteiger charge is -2.14. The second kappa shape index (κ2) is 4.56. The third-order valence-corrected chi connectivity index (χ3v) is 3.10. The highest BCUT2D eigenvalue weighted by Crippen LogP contribution is 2.25. The molecular formula is C12H12N4O2. The van der Waals surface area contributed by atoms with Crippen LogP contribution in [0, 0.1) is 0 Å². The molecule has 2 aromatic heterocycles. The maximum Gasteiger partial charge on any atom is 0.272 e. The minimum Gasteiger partial charge on any atom is -0.343 e. The van der Waals surface area contributed by atoms with Gasteiger partial charge in [-0.05, 0) is 18.6 Å². The van der Waals surface area contributed by atoms with Gasteiger partial charge in [-0.15, -0.1) is 0 Å². The fourth-order valence-electron chi connectivity index (χ4n) is 2.17. The zero-order chi connectivity index (χ0) is 12.4. The van der Waals surface area contributed by atoms with Gasteiger partial charge in [-0.2, -0.15) is 4.98 Å². The molecule has 0 spiro atoms. The Balaban J connectivity index is 1.71. The second-order valence-corrected chi connectivity index (χ2v) is 4.24. The van der Waals surface area contributed by atoms with Crippen molar-refractivity contribution >= 4 is 5.91 Å². The number of carbonyl (C=O) groups is 1. The van der Waals surface area contributed by atoms with Crippen LogP contribution < -0.4 is 0 Å². The SMILES string of the molecule is O=C(c1ccccn1)N1CC[C@H](c2ncon2)C1. The van der Waals surface area contributed by atoms with E-state index in [2.05, 4.69) is 15.1 Å². The van der Waals surface area contributed by atoms with Crippen LogP contribution in [0.15, 0.2) is 35.3 Å². The molecule has 0 N–H and O–H groups in total. The number of likely N-dealkylation sites (tertiary alicyclic amines) is 1. The van der Waals surface area contributed by atoms with E-state index in [0.717, 1.165) is 6.42 Å². The van der Waals surface area contributed by atoms with E-state index >= 15 is 0 Å². The molecule has 1 amide bonds. The summed E-state index contributed by atoms with van der Waals surface area (Å²) in [4.78, 5) is 22.0. The second-order valence-electron chi connectivity index (χ2n) is 4.24. The highest BCUT2D eigenvalue weighted by Gasteiger charge is 2.30. The van der Waals surface area contributed by atoms with E-state index in [9.17, 15) is 4.79 Å². The van der Waals surface area contributed by atoms with Gasteiger partial charge in [0.2, 0.25) is 6.39 Å². The Kier molecular flexibility index (Phi) is 2.76. The van der Waals surface area contributed by atoms with Crippen LogP contribution in [0.4, 0.5) is 0 Å². The smallest absolute Gasteiger partial charge is 0.272 e. The van der Waals surface area contributed by atoms with Gasteiger partial charge >= 0.3 is 0 Å². The summed E-state index contributed by atoms with van der Waals surface area (Å²) in [6.07, 6.45) is 3.80. The molecule has 0 aliphatic carbocycles. The van der Waals surface area contributed by atoms with Crippen LogP contribution in [0.5, 0.6) is 0 Å². The predicted molar refractivity (Wildman–Crippen MR) is 61.8 cm³/mol. The van der Waals surface area contributed by atoms with Crippen LogP contribution in [-0.4, -0.2) is 39.0 Å². The standard InChI is InChI=1S/C12H12N4O2/c17-12(10-3-1-2-5-13-10)16-6-4-9(7-16)11-14-8-18-15-11/h1-3,5,8-9H,4,6-7H2/t9-/m0/s1. The van der Waals surface area contributed by atoms with Gasteiger partial charge in [0.25, 0.3) is 5.91 Å². The van der Waals surface area contributed by atoms with Crippen molar-refractivity contribution in [1.82, 2.24) is 20.0 Å². The van der Waals surface area contributed by atoms with E-state index in [-0.39, 0.29) is 11.8 Å².